The highest BCUT2D eigenvalue weighted by Crippen LogP contribution is 2.23. The van der Waals surface area contributed by atoms with Crippen LogP contribution in [-0.2, 0) is 17.8 Å². The molecule has 5 nitrogen and oxygen atoms in total. The van der Waals surface area contributed by atoms with Crippen molar-refractivity contribution in [2.45, 2.75) is 72.3 Å². The molecule has 0 aliphatic carbocycles. The molecule has 32 heavy (non-hydrogen) atoms. The Kier molecular flexibility index (Phi) is 9.14. The van der Waals surface area contributed by atoms with Crippen molar-refractivity contribution in [2.75, 3.05) is 13.2 Å². The number of aryl methyl sites for hydroxylation is 4. The summed E-state index contributed by atoms with van der Waals surface area (Å²) in [6, 6.07) is 14.6. The van der Waals surface area contributed by atoms with Gasteiger partial charge >= 0.3 is 0 Å². The maximum Gasteiger partial charge on any atom is 0.219 e. The Morgan fingerprint density at radius 2 is 1.78 bits per heavy atom. The maximum absolute atomic E-state index is 11.6. The minimum Gasteiger partial charge on any atom is -0.493 e. The van der Waals surface area contributed by atoms with Gasteiger partial charge in [0, 0.05) is 25.9 Å². The van der Waals surface area contributed by atoms with Gasteiger partial charge in [-0.2, -0.15) is 0 Å². The highest BCUT2D eigenvalue weighted by Gasteiger charge is 2.11. The molecule has 0 aliphatic rings. The summed E-state index contributed by atoms with van der Waals surface area (Å²) >= 11 is 0. The SMILES string of the molecule is CCCC(=O)NCCCCCc1nc2ccccc2n1CCCOc1c(C)cccc1C. The van der Waals surface area contributed by atoms with Gasteiger partial charge in [0.2, 0.25) is 5.91 Å². The fraction of sp³-hybridized carbons (Fsp3) is 0.481. The number of para-hydroxylation sites is 3. The summed E-state index contributed by atoms with van der Waals surface area (Å²) in [5.74, 6) is 2.32. The van der Waals surface area contributed by atoms with E-state index in [0.717, 1.165) is 68.7 Å². The molecule has 0 radical (unpaired) electrons. The summed E-state index contributed by atoms with van der Waals surface area (Å²) in [5.41, 5.74) is 4.63. The number of nitrogens with one attached hydrogen (secondary N) is 1. The van der Waals surface area contributed by atoms with Crippen molar-refractivity contribution in [1.29, 1.82) is 0 Å². The molecule has 2 aromatic carbocycles. The lowest BCUT2D eigenvalue weighted by atomic mass is 10.1. The summed E-state index contributed by atoms with van der Waals surface area (Å²) in [6.45, 7) is 8.58. The zero-order chi connectivity index (χ0) is 22.8. The topological polar surface area (TPSA) is 56.2 Å². The van der Waals surface area contributed by atoms with E-state index in [0.29, 0.717) is 13.0 Å². The van der Waals surface area contributed by atoms with Crippen molar-refractivity contribution in [3.05, 3.63) is 59.4 Å². The smallest absolute Gasteiger partial charge is 0.219 e. The zero-order valence-electron chi connectivity index (χ0n) is 19.8. The van der Waals surface area contributed by atoms with Crippen LogP contribution in [-0.4, -0.2) is 28.6 Å². The Morgan fingerprint density at radius 1 is 1.00 bits per heavy atom. The Hall–Kier alpha value is -2.82. The lowest BCUT2D eigenvalue weighted by Crippen LogP contribution is -2.23. The van der Waals surface area contributed by atoms with Gasteiger partial charge in [-0.25, -0.2) is 4.98 Å². The number of imidazole rings is 1. The monoisotopic (exact) mass is 435 g/mol. The first-order valence-electron chi connectivity index (χ1n) is 12.0. The Morgan fingerprint density at radius 3 is 2.56 bits per heavy atom. The van der Waals surface area contributed by atoms with E-state index in [9.17, 15) is 4.79 Å². The Bertz CT molecular complexity index is 989. The number of fused-ring (bicyclic) bond motifs is 1. The molecule has 5 heteroatoms. The van der Waals surface area contributed by atoms with E-state index in [-0.39, 0.29) is 5.91 Å². The summed E-state index contributed by atoms with van der Waals surface area (Å²) in [4.78, 5) is 16.5. The summed E-state index contributed by atoms with van der Waals surface area (Å²) in [7, 11) is 0. The van der Waals surface area contributed by atoms with Crippen LogP contribution in [0.15, 0.2) is 42.5 Å². The van der Waals surface area contributed by atoms with Crippen molar-refractivity contribution in [2.24, 2.45) is 0 Å². The van der Waals surface area contributed by atoms with Gasteiger partial charge < -0.3 is 14.6 Å². The molecule has 0 unspecified atom stereocenters. The molecular formula is C27H37N3O2. The molecule has 1 heterocycles. The molecule has 1 aromatic heterocycles. The first kappa shape index (κ1) is 23.8. The van der Waals surface area contributed by atoms with E-state index in [2.05, 4.69) is 60.1 Å². The van der Waals surface area contributed by atoms with Crippen LogP contribution >= 0.6 is 0 Å². The van der Waals surface area contributed by atoms with Gasteiger partial charge in [0.25, 0.3) is 0 Å². The van der Waals surface area contributed by atoms with Crippen molar-refractivity contribution in [1.82, 2.24) is 14.9 Å². The van der Waals surface area contributed by atoms with E-state index in [1.54, 1.807) is 0 Å². The van der Waals surface area contributed by atoms with Crippen LogP contribution in [0.1, 0.15) is 62.4 Å². The maximum atomic E-state index is 11.6. The lowest BCUT2D eigenvalue weighted by molar-refractivity contribution is -0.121. The molecular weight excluding hydrogens is 398 g/mol. The zero-order valence-corrected chi connectivity index (χ0v) is 19.8. The number of hydrogen-bond donors (Lipinski definition) is 1. The van der Waals surface area contributed by atoms with Gasteiger partial charge in [-0.1, -0.05) is 43.7 Å². The number of benzene rings is 2. The van der Waals surface area contributed by atoms with Crippen molar-refractivity contribution in [3.63, 3.8) is 0 Å². The van der Waals surface area contributed by atoms with Crippen LogP contribution < -0.4 is 10.1 Å². The van der Waals surface area contributed by atoms with E-state index in [1.807, 2.05) is 13.0 Å². The van der Waals surface area contributed by atoms with Crippen LogP contribution in [0.2, 0.25) is 0 Å². The number of carbonyl (C=O) groups is 1. The minimum atomic E-state index is 0.164. The first-order chi connectivity index (χ1) is 15.6. The first-order valence-corrected chi connectivity index (χ1v) is 12.0. The molecule has 0 saturated heterocycles. The molecule has 0 spiro atoms. The van der Waals surface area contributed by atoms with Crippen LogP contribution in [0.4, 0.5) is 0 Å². The van der Waals surface area contributed by atoms with Gasteiger partial charge in [-0.05, 0) is 62.8 Å². The fourth-order valence-corrected chi connectivity index (χ4v) is 4.12. The third-order valence-electron chi connectivity index (χ3n) is 5.79. The van der Waals surface area contributed by atoms with Gasteiger partial charge in [0.1, 0.15) is 11.6 Å². The predicted octanol–water partition coefficient (Wildman–Crippen LogP) is 5.75. The fourth-order valence-electron chi connectivity index (χ4n) is 4.12. The number of ether oxygens (including phenoxy) is 1. The summed E-state index contributed by atoms with van der Waals surface area (Å²) < 4.78 is 8.47. The molecule has 172 valence electrons. The number of aromatic nitrogens is 2. The minimum absolute atomic E-state index is 0.164. The highest BCUT2D eigenvalue weighted by molar-refractivity contribution is 5.76. The van der Waals surface area contributed by atoms with Gasteiger partial charge in [0.15, 0.2) is 0 Å². The average molecular weight is 436 g/mol. The summed E-state index contributed by atoms with van der Waals surface area (Å²) in [6.07, 6.45) is 6.59. The standard InChI is InChI=1S/C27H37N3O2/c1-4-12-26(31)28-18-9-5-6-17-25-29-23-15-7-8-16-24(23)30(25)19-11-20-32-27-21(2)13-10-14-22(27)3/h7-8,10,13-16H,4-6,9,11-12,17-20H2,1-3H3,(H,28,31). The van der Waals surface area contributed by atoms with Gasteiger partial charge in [-0.15, -0.1) is 0 Å². The molecule has 0 atom stereocenters. The summed E-state index contributed by atoms with van der Waals surface area (Å²) in [5, 5.41) is 3.00. The average Bonchev–Trinajstić information content (AvgIpc) is 3.13. The van der Waals surface area contributed by atoms with E-state index < -0.39 is 0 Å². The number of amides is 1. The molecule has 0 aliphatic heterocycles. The normalized spacial score (nSPS) is 11.1. The molecule has 1 N–H and O–H groups in total. The van der Waals surface area contributed by atoms with Gasteiger partial charge in [-0.3, -0.25) is 4.79 Å². The number of carbonyl (C=O) groups excluding carboxylic acids is 1. The van der Waals surface area contributed by atoms with Gasteiger partial charge in [0.05, 0.1) is 17.6 Å². The molecule has 3 aromatic rings. The second-order valence-corrected chi connectivity index (χ2v) is 8.50. The second-order valence-electron chi connectivity index (χ2n) is 8.50. The quantitative estimate of drug-likeness (QED) is 0.348. The number of unbranched alkanes of at least 4 members (excludes halogenated alkanes) is 2. The third-order valence-corrected chi connectivity index (χ3v) is 5.79. The number of hydrogen-bond acceptors (Lipinski definition) is 3. The predicted molar refractivity (Wildman–Crippen MR) is 131 cm³/mol. The van der Waals surface area contributed by atoms with Crippen molar-refractivity contribution < 1.29 is 9.53 Å². The van der Waals surface area contributed by atoms with E-state index in [4.69, 9.17) is 9.72 Å². The van der Waals surface area contributed by atoms with Crippen molar-refractivity contribution in [3.8, 4) is 5.75 Å². The van der Waals surface area contributed by atoms with Crippen molar-refractivity contribution >= 4 is 16.9 Å². The lowest BCUT2D eigenvalue weighted by Gasteiger charge is -2.13. The van der Waals surface area contributed by atoms with Crippen LogP contribution in [0, 0.1) is 13.8 Å². The third kappa shape index (κ3) is 6.59. The van der Waals surface area contributed by atoms with E-state index >= 15 is 0 Å². The largest absolute Gasteiger partial charge is 0.493 e. The molecule has 0 fully saturated rings. The number of rotatable bonds is 13. The molecule has 1 amide bonds. The highest BCUT2D eigenvalue weighted by atomic mass is 16.5. The van der Waals surface area contributed by atoms with Crippen LogP contribution in [0.3, 0.4) is 0 Å². The second kappa shape index (κ2) is 12.3. The molecule has 3 rings (SSSR count). The Balaban J connectivity index is 1.52. The number of nitrogens with zero attached hydrogens (tertiary/aromatic N) is 2. The van der Waals surface area contributed by atoms with Crippen LogP contribution in [0.25, 0.3) is 11.0 Å². The molecule has 0 saturated carbocycles. The Labute approximate surface area is 192 Å². The van der Waals surface area contributed by atoms with Crippen LogP contribution in [0.5, 0.6) is 5.75 Å². The molecule has 0 bridgehead atoms. The van der Waals surface area contributed by atoms with E-state index in [1.165, 1.54) is 16.6 Å².